The largest absolute Gasteiger partial charge is 0.295 e. The van der Waals surface area contributed by atoms with Crippen molar-refractivity contribution < 1.29 is 0 Å². The first kappa shape index (κ1) is 18.2. The summed E-state index contributed by atoms with van der Waals surface area (Å²) in [6.07, 6.45) is 0. The highest BCUT2D eigenvalue weighted by Crippen LogP contribution is 2.15. The molecule has 1 heterocycles. The van der Waals surface area contributed by atoms with Gasteiger partial charge in [0.15, 0.2) is 0 Å². The van der Waals surface area contributed by atoms with Crippen LogP contribution in [-0.4, -0.2) is 41.8 Å². The highest BCUT2D eigenvalue weighted by molar-refractivity contribution is 9.10. The van der Waals surface area contributed by atoms with Crippen LogP contribution in [0.4, 0.5) is 0 Å². The molecule has 0 spiro atoms. The molecule has 0 saturated carbocycles. The highest BCUT2D eigenvalue weighted by atomic mass is 79.9. The Morgan fingerprint density at radius 1 is 1.00 bits per heavy atom. The molecule has 0 atom stereocenters. The SMILES string of the molecule is C/C(=N/N1CCN(Cc2ccc(C)cc2C)CC1)c1ccc(Br)cc1. The fraction of sp³-hybridized carbons (Fsp3) is 0.381. The van der Waals surface area contributed by atoms with Crippen LogP contribution in [0, 0.1) is 13.8 Å². The Bertz CT molecular complexity index is 744. The summed E-state index contributed by atoms with van der Waals surface area (Å²) in [5.74, 6) is 0. The van der Waals surface area contributed by atoms with E-state index in [4.69, 9.17) is 5.10 Å². The van der Waals surface area contributed by atoms with Crippen LogP contribution in [0.15, 0.2) is 52.0 Å². The molecule has 0 aliphatic carbocycles. The Hall–Kier alpha value is -1.65. The summed E-state index contributed by atoms with van der Waals surface area (Å²) in [6, 6.07) is 15.1. The van der Waals surface area contributed by atoms with E-state index in [2.05, 4.69) is 89.1 Å². The maximum absolute atomic E-state index is 4.81. The summed E-state index contributed by atoms with van der Waals surface area (Å²) < 4.78 is 1.10. The molecule has 3 nitrogen and oxygen atoms in total. The van der Waals surface area contributed by atoms with Crippen molar-refractivity contribution in [1.82, 2.24) is 9.91 Å². The van der Waals surface area contributed by atoms with Gasteiger partial charge in [-0.15, -0.1) is 0 Å². The summed E-state index contributed by atoms with van der Waals surface area (Å²) in [6.45, 7) is 11.6. The quantitative estimate of drug-likeness (QED) is 0.699. The molecule has 1 saturated heterocycles. The molecule has 3 rings (SSSR count). The molecule has 1 aliphatic heterocycles. The Labute approximate surface area is 159 Å². The lowest BCUT2D eigenvalue weighted by molar-refractivity contribution is 0.130. The fourth-order valence-corrected chi connectivity index (χ4v) is 3.48. The van der Waals surface area contributed by atoms with Crippen molar-refractivity contribution in [3.05, 3.63) is 69.2 Å². The maximum atomic E-state index is 4.81. The molecular weight excluding hydrogens is 374 g/mol. The van der Waals surface area contributed by atoms with E-state index in [9.17, 15) is 0 Å². The average Bonchev–Trinajstić information content (AvgIpc) is 2.59. The fourth-order valence-electron chi connectivity index (χ4n) is 3.22. The Balaban J connectivity index is 1.56. The number of rotatable bonds is 4. The molecule has 0 N–H and O–H groups in total. The van der Waals surface area contributed by atoms with Crippen molar-refractivity contribution in [3.8, 4) is 0 Å². The lowest BCUT2D eigenvalue weighted by Crippen LogP contribution is -2.43. The van der Waals surface area contributed by atoms with Gasteiger partial charge in [0.25, 0.3) is 0 Å². The summed E-state index contributed by atoms with van der Waals surface area (Å²) >= 11 is 3.48. The molecular formula is C21H26BrN3. The number of nitrogens with zero attached hydrogens (tertiary/aromatic N) is 3. The lowest BCUT2D eigenvalue weighted by atomic mass is 10.1. The van der Waals surface area contributed by atoms with Gasteiger partial charge >= 0.3 is 0 Å². The van der Waals surface area contributed by atoms with Crippen molar-refractivity contribution in [3.63, 3.8) is 0 Å². The van der Waals surface area contributed by atoms with E-state index in [1.54, 1.807) is 0 Å². The first-order chi connectivity index (χ1) is 12.0. The first-order valence-electron chi connectivity index (χ1n) is 8.86. The van der Waals surface area contributed by atoms with Crippen LogP contribution in [0.25, 0.3) is 0 Å². The van der Waals surface area contributed by atoms with Crippen molar-refractivity contribution in [1.29, 1.82) is 0 Å². The maximum Gasteiger partial charge on any atom is 0.0646 e. The van der Waals surface area contributed by atoms with Gasteiger partial charge in [0.05, 0.1) is 5.71 Å². The van der Waals surface area contributed by atoms with Gasteiger partial charge in [0.1, 0.15) is 0 Å². The number of piperazine rings is 1. The zero-order valence-electron chi connectivity index (χ0n) is 15.3. The summed E-state index contributed by atoms with van der Waals surface area (Å²) in [5, 5.41) is 7.02. The van der Waals surface area contributed by atoms with Crippen molar-refractivity contribution in [2.75, 3.05) is 26.2 Å². The molecule has 0 radical (unpaired) electrons. The number of aryl methyl sites for hydroxylation is 2. The van der Waals surface area contributed by atoms with Crippen LogP contribution in [0.3, 0.4) is 0 Å². The van der Waals surface area contributed by atoms with E-state index in [-0.39, 0.29) is 0 Å². The Kier molecular flexibility index (Phi) is 5.92. The molecule has 2 aromatic rings. The zero-order valence-corrected chi connectivity index (χ0v) is 16.9. The standard InChI is InChI=1S/C21H26BrN3/c1-16-4-5-20(17(2)14-16)15-24-10-12-25(13-11-24)23-18(3)19-6-8-21(22)9-7-19/h4-9,14H,10-13,15H2,1-3H3/b23-18-. The van der Waals surface area contributed by atoms with E-state index >= 15 is 0 Å². The normalized spacial score (nSPS) is 16.3. The number of benzene rings is 2. The Morgan fingerprint density at radius 2 is 1.68 bits per heavy atom. The molecule has 0 bridgehead atoms. The predicted molar refractivity (Wildman–Crippen MR) is 109 cm³/mol. The number of hydrogen-bond donors (Lipinski definition) is 0. The second-order valence-corrected chi connectivity index (χ2v) is 7.77. The van der Waals surface area contributed by atoms with Gasteiger partial charge < -0.3 is 0 Å². The predicted octanol–water partition coefficient (Wildman–Crippen LogP) is 4.61. The average molecular weight is 400 g/mol. The van der Waals surface area contributed by atoms with Gasteiger partial charge in [0.2, 0.25) is 0 Å². The molecule has 4 heteroatoms. The second-order valence-electron chi connectivity index (χ2n) is 6.85. The third-order valence-corrected chi connectivity index (χ3v) is 5.32. The van der Waals surface area contributed by atoms with Crippen LogP contribution in [0.1, 0.15) is 29.2 Å². The van der Waals surface area contributed by atoms with Crippen LogP contribution in [0.2, 0.25) is 0 Å². The van der Waals surface area contributed by atoms with Gasteiger partial charge in [-0.05, 0) is 49.6 Å². The monoisotopic (exact) mass is 399 g/mol. The van der Waals surface area contributed by atoms with Crippen LogP contribution in [-0.2, 0) is 6.54 Å². The van der Waals surface area contributed by atoms with Crippen molar-refractivity contribution >= 4 is 21.6 Å². The summed E-state index contributed by atoms with van der Waals surface area (Å²) in [7, 11) is 0. The third kappa shape index (κ3) is 4.93. The smallest absolute Gasteiger partial charge is 0.0646 e. The van der Waals surface area contributed by atoms with Crippen LogP contribution < -0.4 is 0 Å². The van der Waals surface area contributed by atoms with Crippen LogP contribution in [0.5, 0.6) is 0 Å². The first-order valence-corrected chi connectivity index (χ1v) is 9.65. The van der Waals surface area contributed by atoms with Gasteiger partial charge in [0, 0.05) is 37.2 Å². The van der Waals surface area contributed by atoms with E-state index in [0.717, 1.165) is 42.9 Å². The van der Waals surface area contributed by atoms with E-state index in [1.807, 2.05) is 0 Å². The summed E-state index contributed by atoms with van der Waals surface area (Å²) in [5.41, 5.74) is 6.43. The van der Waals surface area contributed by atoms with E-state index in [0.29, 0.717) is 0 Å². The van der Waals surface area contributed by atoms with Gasteiger partial charge in [-0.3, -0.25) is 9.91 Å². The van der Waals surface area contributed by atoms with Crippen molar-refractivity contribution in [2.45, 2.75) is 27.3 Å². The minimum atomic E-state index is 0.985. The molecule has 2 aromatic carbocycles. The summed E-state index contributed by atoms with van der Waals surface area (Å²) in [4.78, 5) is 2.53. The molecule has 25 heavy (non-hydrogen) atoms. The third-order valence-electron chi connectivity index (χ3n) is 4.79. The van der Waals surface area contributed by atoms with E-state index < -0.39 is 0 Å². The Morgan fingerprint density at radius 3 is 2.32 bits per heavy atom. The molecule has 1 fully saturated rings. The topological polar surface area (TPSA) is 18.8 Å². The number of halogens is 1. The molecule has 1 aliphatic rings. The van der Waals surface area contributed by atoms with Gasteiger partial charge in [-0.2, -0.15) is 5.10 Å². The minimum absolute atomic E-state index is 0.985. The van der Waals surface area contributed by atoms with Crippen molar-refractivity contribution in [2.24, 2.45) is 5.10 Å². The zero-order chi connectivity index (χ0) is 17.8. The molecule has 132 valence electrons. The minimum Gasteiger partial charge on any atom is -0.295 e. The van der Waals surface area contributed by atoms with Gasteiger partial charge in [-0.25, -0.2) is 0 Å². The van der Waals surface area contributed by atoms with E-state index in [1.165, 1.54) is 22.3 Å². The highest BCUT2D eigenvalue weighted by Gasteiger charge is 2.16. The molecule has 0 amide bonds. The van der Waals surface area contributed by atoms with Crippen LogP contribution >= 0.6 is 15.9 Å². The molecule has 0 unspecified atom stereocenters. The molecule has 0 aromatic heterocycles. The second kappa shape index (κ2) is 8.15. The number of hydrogen-bond acceptors (Lipinski definition) is 3. The number of hydrazone groups is 1. The lowest BCUT2D eigenvalue weighted by Gasteiger charge is -2.33. The van der Waals surface area contributed by atoms with Gasteiger partial charge in [-0.1, -0.05) is 51.8 Å².